The molecule has 4 heteroatoms. The van der Waals surface area contributed by atoms with E-state index >= 15 is 0 Å². The van der Waals surface area contributed by atoms with Gasteiger partial charge < -0.3 is 14.9 Å². The van der Waals surface area contributed by atoms with E-state index in [4.69, 9.17) is 0 Å². The van der Waals surface area contributed by atoms with Gasteiger partial charge in [-0.05, 0) is 59.3 Å². The van der Waals surface area contributed by atoms with E-state index in [1.807, 2.05) is 0 Å². The van der Waals surface area contributed by atoms with Crippen LogP contribution in [0.5, 0.6) is 0 Å². The SMILES string of the molecule is CCC(C)c1ccc(-c2cccc3[cH-]c(C)cc23)cc1.CCCC(C)c1cc2c(-c3ccc(C(C)CC)cc3)cccc2[cH-]1.Cl.Cl.[CH3-].[CH3-].[Si]=[Zr]. The van der Waals surface area contributed by atoms with Crippen LogP contribution in [0.1, 0.15) is 107 Å². The summed E-state index contributed by atoms with van der Waals surface area (Å²) in [6, 6.07) is 40.8. The van der Waals surface area contributed by atoms with Crippen molar-refractivity contribution in [2.24, 2.45) is 0 Å². The molecular weight excluding hydrogens is 743 g/mol. The van der Waals surface area contributed by atoms with E-state index in [0.717, 1.165) is 0 Å². The maximum absolute atomic E-state index is 3.06. The molecule has 268 valence electrons. The Bertz CT molecular complexity index is 1810. The average Bonchev–Trinajstić information content (AvgIpc) is 3.72. The van der Waals surface area contributed by atoms with Crippen LogP contribution in [0.15, 0.2) is 109 Å². The standard InChI is InChI=1S/C24H29.C20H21.2CH3.2ClH.Si.Zr/c1-5-8-18(4)22-15-21-9-7-10-23(24(21)16-22)20-13-11-19(12-14-20)17(3)6-2;1-4-15(3)16-8-10-17(11-9-16)19-7-5-6-18-12-14(2)13-20(18)19;;;;;;/h7,9-18H,5-6,8H2,1-4H3;5-13,15H,4H2,1-3H3;2*1H3;2*1H;;/q4*-1;;;;. The fourth-order valence-corrected chi connectivity index (χ4v) is 6.48. The minimum absolute atomic E-state index is 0. The number of rotatable bonds is 9. The van der Waals surface area contributed by atoms with E-state index in [1.54, 1.807) is 0 Å². The molecule has 0 amide bonds. The molecule has 0 fully saturated rings. The third-order valence-corrected chi connectivity index (χ3v) is 9.76. The molecule has 0 saturated heterocycles. The summed E-state index contributed by atoms with van der Waals surface area (Å²) in [5, 5.41) is 5.47. The predicted octanol–water partition coefficient (Wildman–Crippen LogP) is 15.1. The Morgan fingerprint density at radius 1 is 0.580 bits per heavy atom. The van der Waals surface area contributed by atoms with Crippen molar-refractivity contribution in [3.05, 3.63) is 146 Å². The third kappa shape index (κ3) is 11.6. The minimum atomic E-state index is 0. The molecule has 0 heterocycles. The Morgan fingerprint density at radius 3 is 1.42 bits per heavy atom. The summed E-state index contributed by atoms with van der Waals surface area (Å²) in [4.78, 5) is 0. The van der Waals surface area contributed by atoms with Crippen molar-refractivity contribution >= 4 is 53.2 Å². The number of hydrogen-bond acceptors (Lipinski definition) is 0. The molecule has 3 unspecified atom stereocenters. The zero-order valence-electron chi connectivity index (χ0n) is 31.8. The number of fused-ring (bicyclic) bond motifs is 2. The van der Waals surface area contributed by atoms with Gasteiger partial charge in [-0.25, -0.2) is 0 Å². The van der Waals surface area contributed by atoms with Crippen LogP contribution in [-0.4, -0.2) is 6.88 Å². The fraction of sp³-hybridized carbons (Fsp3) is 0.304. The normalized spacial score (nSPS) is 11.9. The molecule has 0 N–H and O–H groups in total. The van der Waals surface area contributed by atoms with Gasteiger partial charge in [0.1, 0.15) is 0 Å². The van der Waals surface area contributed by atoms with Crippen molar-refractivity contribution in [1.29, 1.82) is 0 Å². The molecule has 6 rings (SSSR count). The molecule has 50 heavy (non-hydrogen) atoms. The number of halogens is 2. The van der Waals surface area contributed by atoms with Crippen LogP contribution in [0, 0.1) is 21.8 Å². The molecule has 0 bridgehead atoms. The molecule has 6 aromatic rings. The van der Waals surface area contributed by atoms with Gasteiger partial charge in [-0.3, -0.25) is 0 Å². The Hall–Kier alpha value is -2.22. The van der Waals surface area contributed by atoms with Crippen LogP contribution >= 0.6 is 24.8 Å². The van der Waals surface area contributed by atoms with Gasteiger partial charge in [0.2, 0.25) is 0 Å². The van der Waals surface area contributed by atoms with Gasteiger partial charge in [-0.2, -0.15) is 12.1 Å². The van der Waals surface area contributed by atoms with Gasteiger partial charge in [-0.1, -0.05) is 127 Å². The van der Waals surface area contributed by atoms with Gasteiger partial charge in [0.05, 0.1) is 0 Å². The zero-order valence-corrected chi connectivity index (χ0v) is 36.9. The van der Waals surface area contributed by atoms with E-state index in [1.165, 1.54) is 115 Å². The summed E-state index contributed by atoms with van der Waals surface area (Å²) in [6.07, 6.45) is 4.88. The van der Waals surface area contributed by atoms with Crippen LogP contribution in [-0.2, 0) is 23.3 Å². The molecule has 0 nitrogen and oxygen atoms in total. The first-order valence-corrected chi connectivity index (χ1v) is 21.3. The first-order valence-electron chi connectivity index (χ1n) is 17.1. The Balaban J connectivity index is 0.000000860. The van der Waals surface area contributed by atoms with Crippen molar-refractivity contribution < 1.29 is 23.3 Å². The number of aryl methyl sites for hydroxylation is 1. The van der Waals surface area contributed by atoms with Crippen molar-refractivity contribution in [2.75, 3.05) is 0 Å². The molecule has 2 radical (unpaired) electrons. The summed E-state index contributed by atoms with van der Waals surface area (Å²) in [5.74, 6) is 1.92. The molecule has 0 spiro atoms. The zero-order chi connectivity index (χ0) is 33.2. The summed E-state index contributed by atoms with van der Waals surface area (Å²) in [6.45, 7) is 18.9. The third-order valence-electron chi connectivity index (χ3n) is 9.76. The van der Waals surface area contributed by atoms with Gasteiger partial charge in [0, 0.05) is 0 Å². The number of hydrogen-bond donors (Lipinski definition) is 0. The second-order valence-corrected chi connectivity index (χ2v) is 13.0. The molecule has 0 aliphatic heterocycles. The van der Waals surface area contributed by atoms with Crippen molar-refractivity contribution in [3.8, 4) is 22.3 Å². The molecule has 0 aliphatic rings. The van der Waals surface area contributed by atoms with Crippen LogP contribution in [0.3, 0.4) is 0 Å². The van der Waals surface area contributed by atoms with Crippen LogP contribution in [0.4, 0.5) is 0 Å². The van der Waals surface area contributed by atoms with Gasteiger partial charge in [-0.15, -0.1) is 93.9 Å². The molecule has 0 aromatic heterocycles. The topological polar surface area (TPSA) is 0 Å². The summed E-state index contributed by atoms with van der Waals surface area (Å²) < 4.78 is 0. The second-order valence-electron chi connectivity index (χ2n) is 13.0. The fourth-order valence-electron chi connectivity index (χ4n) is 6.48. The molecule has 0 saturated carbocycles. The summed E-state index contributed by atoms with van der Waals surface area (Å²) >= 11 is 1.36. The molecule has 0 aliphatic carbocycles. The summed E-state index contributed by atoms with van der Waals surface area (Å²) in [5.41, 5.74) is 11.0. The molecule has 6 aromatic carbocycles. The Labute approximate surface area is 334 Å². The van der Waals surface area contributed by atoms with Crippen LogP contribution in [0.25, 0.3) is 43.8 Å². The maximum atomic E-state index is 3.06. The quantitative estimate of drug-likeness (QED) is 0.101. The Morgan fingerprint density at radius 2 is 1.00 bits per heavy atom. The van der Waals surface area contributed by atoms with Crippen molar-refractivity contribution in [3.63, 3.8) is 0 Å². The van der Waals surface area contributed by atoms with Gasteiger partial charge in [0.15, 0.2) is 0 Å². The summed E-state index contributed by atoms with van der Waals surface area (Å²) in [7, 11) is 0. The predicted molar refractivity (Wildman–Crippen MR) is 229 cm³/mol. The average molecular weight is 801 g/mol. The first kappa shape index (κ1) is 47.8. The van der Waals surface area contributed by atoms with E-state index in [9.17, 15) is 0 Å². The molecular formula is C46H58Cl2SiZr-4. The van der Waals surface area contributed by atoms with E-state index in [-0.39, 0.29) is 39.7 Å². The first-order chi connectivity index (χ1) is 22.3. The van der Waals surface area contributed by atoms with Crippen LogP contribution < -0.4 is 0 Å². The second kappa shape index (κ2) is 23.4. The van der Waals surface area contributed by atoms with E-state index in [2.05, 4.69) is 165 Å². The number of benzene rings is 4. The monoisotopic (exact) mass is 798 g/mol. The molecule has 3 atom stereocenters. The van der Waals surface area contributed by atoms with Crippen molar-refractivity contribution in [2.45, 2.75) is 91.9 Å². The van der Waals surface area contributed by atoms with Crippen LogP contribution in [0.2, 0.25) is 0 Å². The van der Waals surface area contributed by atoms with E-state index < -0.39 is 0 Å². The van der Waals surface area contributed by atoms with Crippen molar-refractivity contribution in [1.82, 2.24) is 0 Å². The van der Waals surface area contributed by atoms with Gasteiger partial charge in [0.25, 0.3) is 0 Å². The van der Waals surface area contributed by atoms with E-state index in [0.29, 0.717) is 17.8 Å². The van der Waals surface area contributed by atoms with Gasteiger partial charge >= 0.3 is 30.2 Å². The Kier molecular flexibility index (Phi) is 22.3.